The molecule has 0 saturated carbocycles. The van der Waals surface area contributed by atoms with Crippen molar-refractivity contribution in [2.45, 2.75) is 25.4 Å². The Bertz CT molecular complexity index is 925. The fourth-order valence-electron chi connectivity index (χ4n) is 3.63. The standard InChI is InChI=1S/C22H22N2O.ClH/c23-21(14-16-9-10-17-5-1-3-7-19(17)13-16)22(25)24-12-11-18-6-2-4-8-20(18)15-24;/h1-10,13,21H,11-12,14-15,23H2;1H. The lowest BCUT2D eigenvalue weighted by atomic mass is 9.98. The van der Waals surface area contributed by atoms with Gasteiger partial charge in [0.25, 0.3) is 0 Å². The molecule has 3 aromatic rings. The molecule has 0 spiro atoms. The van der Waals surface area contributed by atoms with E-state index in [1.807, 2.05) is 23.1 Å². The Hall–Kier alpha value is -2.36. The van der Waals surface area contributed by atoms with Gasteiger partial charge >= 0.3 is 0 Å². The SMILES string of the molecule is Cl.NC(Cc1ccc2ccccc2c1)C(=O)N1CCc2ccccc2C1. The number of hydrogen-bond donors (Lipinski definition) is 1. The number of amides is 1. The molecule has 0 saturated heterocycles. The molecule has 1 aliphatic rings. The highest BCUT2D eigenvalue weighted by Gasteiger charge is 2.25. The highest BCUT2D eigenvalue weighted by Crippen LogP contribution is 2.20. The van der Waals surface area contributed by atoms with E-state index < -0.39 is 6.04 Å². The maximum Gasteiger partial charge on any atom is 0.240 e. The number of carbonyl (C=O) groups is 1. The first-order valence-electron chi connectivity index (χ1n) is 8.79. The summed E-state index contributed by atoms with van der Waals surface area (Å²) in [5.41, 5.74) is 9.94. The fraction of sp³-hybridized carbons (Fsp3) is 0.227. The first kappa shape index (κ1) is 18.4. The number of benzene rings is 3. The van der Waals surface area contributed by atoms with Crippen molar-refractivity contribution in [1.29, 1.82) is 0 Å². The number of nitrogens with zero attached hydrogens (tertiary/aromatic N) is 1. The minimum atomic E-state index is -0.494. The number of fused-ring (bicyclic) bond motifs is 2. The molecule has 1 unspecified atom stereocenters. The lowest BCUT2D eigenvalue weighted by Crippen LogP contribution is -2.46. The second-order valence-electron chi connectivity index (χ2n) is 6.77. The average Bonchev–Trinajstić information content (AvgIpc) is 2.67. The normalized spacial score (nSPS) is 14.4. The lowest BCUT2D eigenvalue weighted by Gasteiger charge is -2.31. The first-order chi connectivity index (χ1) is 12.2. The van der Waals surface area contributed by atoms with E-state index in [0.717, 1.165) is 18.5 Å². The van der Waals surface area contributed by atoms with E-state index >= 15 is 0 Å². The molecule has 1 amide bonds. The summed E-state index contributed by atoms with van der Waals surface area (Å²) in [6.07, 6.45) is 1.48. The summed E-state index contributed by atoms with van der Waals surface area (Å²) in [6, 6.07) is 22.4. The predicted octanol–water partition coefficient (Wildman–Crippen LogP) is 3.72. The average molecular weight is 367 g/mol. The van der Waals surface area contributed by atoms with Gasteiger partial charge in [0, 0.05) is 13.1 Å². The van der Waals surface area contributed by atoms with Gasteiger partial charge in [-0.05, 0) is 40.3 Å². The molecule has 0 aromatic heterocycles. The molecular formula is C22H23ClN2O. The first-order valence-corrected chi connectivity index (χ1v) is 8.79. The minimum absolute atomic E-state index is 0. The Labute approximate surface area is 160 Å². The minimum Gasteiger partial charge on any atom is -0.337 e. The number of halogens is 1. The van der Waals surface area contributed by atoms with E-state index in [-0.39, 0.29) is 18.3 Å². The lowest BCUT2D eigenvalue weighted by molar-refractivity contribution is -0.133. The van der Waals surface area contributed by atoms with Crippen molar-refractivity contribution >= 4 is 29.1 Å². The molecule has 0 aliphatic carbocycles. The fourth-order valence-corrected chi connectivity index (χ4v) is 3.63. The van der Waals surface area contributed by atoms with Crippen LogP contribution in [0, 0.1) is 0 Å². The van der Waals surface area contributed by atoms with Crippen LogP contribution in [-0.4, -0.2) is 23.4 Å². The topological polar surface area (TPSA) is 46.3 Å². The Morgan fingerprint density at radius 2 is 1.65 bits per heavy atom. The van der Waals surface area contributed by atoms with Crippen molar-refractivity contribution < 1.29 is 4.79 Å². The molecule has 1 heterocycles. The molecule has 0 radical (unpaired) electrons. The van der Waals surface area contributed by atoms with E-state index in [9.17, 15) is 4.79 Å². The summed E-state index contributed by atoms with van der Waals surface area (Å²) in [5.74, 6) is 0.0441. The van der Waals surface area contributed by atoms with E-state index in [0.29, 0.717) is 13.0 Å². The largest absolute Gasteiger partial charge is 0.337 e. The van der Waals surface area contributed by atoms with Crippen molar-refractivity contribution in [3.8, 4) is 0 Å². The third-order valence-corrected chi connectivity index (χ3v) is 5.03. The molecular weight excluding hydrogens is 344 g/mol. The number of hydrogen-bond acceptors (Lipinski definition) is 2. The van der Waals surface area contributed by atoms with Crippen LogP contribution in [0.4, 0.5) is 0 Å². The van der Waals surface area contributed by atoms with Gasteiger partial charge in [0.05, 0.1) is 6.04 Å². The highest BCUT2D eigenvalue weighted by atomic mass is 35.5. The van der Waals surface area contributed by atoms with Crippen molar-refractivity contribution in [2.24, 2.45) is 5.73 Å². The van der Waals surface area contributed by atoms with Crippen LogP contribution in [0.15, 0.2) is 66.7 Å². The van der Waals surface area contributed by atoms with E-state index in [4.69, 9.17) is 5.73 Å². The summed E-state index contributed by atoms with van der Waals surface area (Å²) in [6.45, 7) is 1.42. The van der Waals surface area contributed by atoms with Crippen molar-refractivity contribution in [1.82, 2.24) is 4.90 Å². The van der Waals surface area contributed by atoms with Gasteiger partial charge in [-0.15, -0.1) is 12.4 Å². The summed E-state index contributed by atoms with van der Waals surface area (Å²) in [4.78, 5) is 14.7. The quantitative estimate of drug-likeness (QED) is 0.768. The van der Waals surface area contributed by atoms with Gasteiger partial charge < -0.3 is 10.6 Å². The molecule has 2 N–H and O–H groups in total. The van der Waals surface area contributed by atoms with Gasteiger partial charge in [-0.25, -0.2) is 0 Å². The Balaban J connectivity index is 0.00000196. The van der Waals surface area contributed by atoms with E-state index in [2.05, 4.69) is 48.5 Å². The van der Waals surface area contributed by atoms with Crippen LogP contribution in [0.3, 0.4) is 0 Å². The van der Waals surface area contributed by atoms with Crippen LogP contribution in [0.2, 0.25) is 0 Å². The zero-order valence-electron chi connectivity index (χ0n) is 14.6. The van der Waals surface area contributed by atoms with Gasteiger partial charge in [0.15, 0.2) is 0 Å². The van der Waals surface area contributed by atoms with Gasteiger partial charge in [-0.2, -0.15) is 0 Å². The summed E-state index contributed by atoms with van der Waals surface area (Å²) in [5, 5.41) is 2.39. The second kappa shape index (κ2) is 7.90. The Morgan fingerprint density at radius 3 is 2.46 bits per heavy atom. The molecule has 1 aliphatic heterocycles. The van der Waals surface area contributed by atoms with Crippen LogP contribution in [0.5, 0.6) is 0 Å². The zero-order chi connectivity index (χ0) is 17.2. The summed E-state index contributed by atoms with van der Waals surface area (Å²) in [7, 11) is 0. The molecule has 1 atom stereocenters. The molecule has 134 valence electrons. The van der Waals surface area contributed by atoms with Crippen LogP contribution in [-0.2, 0) is 24.2 Å². The monoisotopic (exact) mass is 366 g/mol. The van der Waals surface area contributed by atoms with E-state index in [1.165, 1.54) is 21.9 Å². The number of rotatable bonds is 3. The number of carbonyl (C=O) groups excluding carboxylic acids is 1. The summed E-state index contributed by atoms with van der Waals surface area (Å²) >= 11 is 0. The number of nitrogens with two attached hydrogens (primary N) is 1. The maximum absolute atomic E-state index is 12.8. The van der Waals surface area contributed by atoms with Gasteiger partial charge in [-0.3, -0.25) is 4.79 Å². The van der Waals surface area contributed by atoms with Gasteiger partial charge in [0.1, 0.15) is 0 Å². The van der Waals surface area contributed by atoms with Crippen molar-refractivity contribution in [2.75, 3.05) is 6.54 Å². The highest BCUT2D eigenvalue weighted by molar-refractivity contribution is 5.85. The van der Waals surface area contributed by atoms with Crippen molar-refractivity contribution in [3.63, 3.8) is 0 Å². The van der Waals surface area contributed by atoms with Crippen LogP contribution >= 0.6 is 12.4 Å². The summed E-state index contributed by atoms with van der Waals surface area (Å²) < 4.78 is 0. The Kier molecular flexibility index (Phi) is 5.60. The molecule has 0 bridgehead atoms. The van der Waals surface area contributed by atoms with Gasteiger partial charge in [0.2, 0.25) is 5.91 Å². The smallest absolute Gasteiger partial charge is 0.240 e. The third kappa shape index (κ3) is 3.74. The van der Waals surface area contributed by atoms with E-state index in [1.54, 1.807) is 0 Å². The molecule has 3 nitrogen and oxygen atoms in total. The molecule has 4 heteroatoms. The van der Waals surface area contributed by atoms with Crippen LogP contribution in [0.1, 0.15) is 16.7 Å². The van der Waals surface area contributed by atoms with Crippen LogP contribution < -0.4 is 5.73 Å². The van der Waals surface area contributed by atoms with Crippen LogP contribution in [0.25, 0.3) is 10.8 Å². The van der Waals surface area contributed by atoms with Gasteiger partial charge in [-0.1, -0.05) is 66.7 Å². The Morgan fingerprint density at radius 1 is 0.962 bits per heavy atom. The predicted molar refractivity (Wildman–Crippen MR) is 108 cm³/mol. The van der Waals surface area contributed by atoms with Crippen molar-refractivity contribution in [3.05, 3.63) is 83.4 Å². The third-order valence-electron chi connectivity index (χ3n) is 5.03. The molecule has 4 rings (SSSR count). The zero-order valence-corrected chi connectivity index (χ0v) is 15.4. The molecule has 26 heavy (non-hydrogen) atoms. The maximum atomic E-state index is 12.8. The molecule has 3 aromatic carbocycles. The molecule has 0 fully saturated rings. The second-order valence-corrected chi connectivity index (χ2v) is 6.77.